The monoisotopic (exact) mass is 446 g/mol. The molecule has 9 heteroatoms. The van der Waals surface area contributed by atoms with Gasteiger partial charge in [-0.1, -0.05) is 32.0 Å². The molecule has 0 aliphatic heterocycles. The van der Waals surface area contributed by atoms with Gasteiger partial charge in [-0.25, -0.2) is 9.18 Å². The normalized spacial score (nSPS) is 10.5. The van der Waals surface area contributed by atoms with E-state index >= 15 is 0 Å². The summed E-state index contributed by atoms with van der Waals surface area (Å²) in [5, 5.41) is 2.65. The van der Waals surface area contributed by atoms with Crippen molar-refractivity contribution in [2.45, 2.75) is 20.4 Å². The van der Waals surface area contributed by atoms with Crippen LogP contribution in [0.4, 0.5) is 10.1 Å². The van der Waals surface area contributed by atoms with Gasteiger partial charge in [-0.15, -0.1) is 0 Å². The van der Waals surface area contributed by atoms with Crippen LogP contribution in [0.3, 0.4) is 0 Å². The maximum absolute atomic E-state index is 13.8. The highest BCUT2D eigenvalue weighted by molar-refractivity contribution is 6.03. The number of nitrogens with zero attached hydrogens (tertiary/aromatic N) is 1. The molecule has 0 heterocycles. The van der Waals surface area contributed by atoms with Crippen LogP contribution in [-0.2, 0) is 20.9 Å². The Morgan fingerprint density at radius 1 is 1.06 bits per heavy atom. The quantitative estimate of drug-likeness (QED) is 0.595. The first-order chi connectivity index (χ1) is 15.2. The average molecular weight is 446 g/mol. The van der Waals surface area contributed by atoms with Gasteiger partial charge in [0.15, 0.2) is 18.1 Å². The predicted octanol–water partition coefficient (Wildman–Crippen LogP) is 3.25. The molecule has 0 aliphatic carbocycles. The van der Waals surface area contributed by atoms with Crippen molar-refractivity contribution < 1.29 is 33.0 Å². The van der Waals surface area contributed by atoms with Gasteiger partial charge < -0.3 is 24.4 Å². The molecule has 2 aromatic carbocycles. The summed E-state index contributed by atoms with van der Waals surface area (Å²) < 4.78 is 29.4. The number of amides is 2. The number of hydrogen-bond acceptors (Lipinski definition) is 6. The number of esters is 1. The molecule has 0 saturated carbocycles. The Bertz CT molecular complexity index is 992. The number of methoxy groups -OCH3 is 2. The largest absolute Gasteiger partial charge is 0.493 e. The fourth-order valence-electron chi connectivity index (χ4n) is 2.71. The van der Waals surface area contributed by atoms with E-state index in [2.05, 4.69) is 5.32 Å². The van der Waals surface area contributed by atoms with Gasteiger partial charge in [-0.2, -0.15) is 0 Å². The molecule has 172 valence electrons. The van der Waals surface area contributed by atoms with E-state index in [1.165, 1.54) is 44.4 Å². The van der Waals surface area contributed by atoms with Gasteiger partial charge in [0.2, 0.25) is 5.91 Å². The lowest BCUT2D eigenvalue weighted by Crippen LogP contribution is -2.31. The zero-order valence-corrected chi connectivity index (χ0v) is 18.7. The van der Waals surface area contributed by atoms with Crippen LogP contribution in [-0.4, -0.2) is 50.6 Å². The van der Waals surface area contributed by atoms with Crippen LogP contribution in [0.15, 0.2) is 36.4 Å². The lowest BCUT2D eigenvalue weighted by atomic mass is 10.1. The number of likely N-dealkylation sites (N-methyl/N-ethyl adjacent to an activating group) is 1. The molecule has 0 aromatic heterocycles. The number of ether oxygens (including phenoxy) is 3. The van der Waals surface area contributed by atoms with E-state index in [-0.39, 0.29) is 35.4 Å². The van der Waals surface area contributed by atoms with Crippen LogP contribution < -0.4 is 14.8 Å². The van der Waals surface area contributed by atoms with Crippen molar-refractivity contribution in [3.63, 3.8) is 0 Å². The van der Waals surface area contributed by atoms with Crippen LogP contribution in [0.2, 0.25) is 0 Å². The first-order valence-electron chi connectivity index (χ1n) is 9.89. The minimum absolute atomic E-state index is 0.00112. The molecule has 0 aliphatic rings. The molecule has 0 bridgehead atoms. The molecular weight excluding hydrogens is 419 g/mol. The molecule has 0 atom stereocenters. The fourth-order valence-corrected chi connectivity index (χ4v) is 2.71. The highest BCUT2D eigenvalue weighted by Gasteiger charge is 2.22. The van der Waals surface area contributed by atoms with Gasteiger partial charge in [-0.05, 0) is 6.07 Å². The van der Waals surface area contributed by atoms with Gasteiger partial charge in [0, 0.05) is 37.2 Å². The molecule has 1 N–H and O–H groups in total. The zero-order valence-electron chi connectivity index (χ0n) is 18.7. The molecule has 0 fully saturated rings. The Labute approximate surface area is 186 Å². The summed E-state index contributed by atoms with van der Waals surface area (Å²) in [7, 11) is 4.31. The Hall–Kier alpha value is -3.62. The van der Waals surface area contributed by atoms with E-state index in [4.69, 9.17) is 14.2 Å². The highest BCUT2D eigenvalue weighted by atomic mass is 19.1. The summed E-state index contributed by atoms with van der Waals surface area (Å²) in [4.78, 5) is 38.5. The average Bonchev–Trinajstić information content (AvgIpc) is 2.78. The number of hydrogen-bond donors (Lipinski definition) is 1. The van der Waals surface area contributed by atoms with E-state index in [9.17, 15) is 18.8 Å². The molecule has 2 rings (SSSR count). The summed E-state index contributed by atoms with van der Waals surface area (Å²) in [6.07, 6.45) is 0. The molecule has 32 heavy (non-hydrogen) atoms. The Kier molecular flexibility index (Phi) is 8.57. The Balaban J connectivity index is 2.16. The molecular formula is C23H27FN2O6. The van der Waals surface area contributed by atoms with Crippen LogP contribution in [0.25, 0.3) is 0 Å². The summed E-state index contributed by atoms with van der Waals surface area (Å²) in [6, 6.07) is 8.91. The topological polar surface area (TPSA) is 94.2 Å². The van der Waals surface area contributed by atoms with Crippen molar-refractivity contribution >= 4 is 23.5 Å². The van der Waals surface area contributed by atoms with Crippen LogP contribution in [0.1, 0.15) is 29.8 Å². The molecule has 0 spiro atoms. The second-order valence-corrected chi connectivity index (χ2v) is 7.31. The number of rotatable bonds is 9. The highest BCUT2D eigenvalue weighted by Crippen LogP contribution is 2.34. The number of benzene rings is 2. The number of halogens is 1. The third-order valence-corrected chi connectivity index (χ3v) is 4.64. The maximum Gasteiger partial charge on any atom is 0.340 e. The second-order valence-electron chi connectivity index (χ2n) is 7.31. The van der Waals surface area contributed by atoms with Crippen molar-refractivity contribution in [2.75, 3.05) is 33.2 Å². The minimum Gasteiger partial charge on any atom is -0.493 e. The molecule has 0 radical (unpaired) electrons. The lowest BCUT2D eigenvalue weighted by molar-refractivity contribution is -0.133. The fraction of sp³-hybridized carbons (Fsp3) is 0.348. The molecule has 2 aromatic rings. The summed E-state index contributed by atoms with van der Waals surface area (Å²) in [5.74, 6) is -1.87. The van der Waals surface area contributed by atoms with E-state index in [0.29, 0.717) is 11.3 Å². The third-order valence-electron chi connectivity index (χ3n) is 4.64. The van der Waals surface area contributed by atoms with Crippen LogP contribution in [0, 0.1) is 11.7 Å². The van der Waals surface area contributed by atoms with Crippen molar-refractivity contribution in [1.29, 1.82) is 0 Å². The predicted molar refractivity (Wildman–Crippen MR) is 116 cm³/mol. The van der Waals surface area contributed by atoms with Crippen LogP contribution >= 0.6 is 0 Å². The number of anilines is 1. The summed E-state index contributed by atoms with van der Waals surface area (Å²) in [5.41, 5.74) is 0.507. The Morgan fingerprint density at radius 2 is 1.69 bits per heavy atom. The van der Waals surface area contributed by atoms with E-state index in [0.717, 1.165) is 0 Å². The molecule has 2 amide bonds. The number of nitrogens with one attached hydrogen (secondary N) is 1. The molecule has 8 nitrogen and oxygen atoms in total. The van der Waals surface area contributed by atoms with Gasteiger partial charge in [-0.3, -0.25) is 9.59 Å². The SMILES string of the molecule is COc1cc(NC(=O)C(C)C)c(C(=O)OCC(=O)N(C)Cc2ccccc2F)cc1OC. The minimum atomic E-state index is -0.836. The van der Waals surface area contributed by atoms with Gasteiger partial charge in [0.1, 0.15) is 5.82 Å². The summed E-state index contributed by atoms with van der Waals surface area (Å²) >= 11 is 0. The number of carbonyl (C=O) groups excluding carboxylic acids is 3. The zero-order chi connectivity index (χ0) is 23.8. The van der Waals surface area contributed by atoms with Gasteiger partial charge in [0.25, 0.3) is 5.91 Å². The Morgan fingerprint density at radius 3 is 2.28 bits per heavy atom. The first-order valence-corrected chi connectivity index (χ1v) is 9.89. The first kappa shape index (κ1) is 24.6. The van der Waals surface area contributed by atoms with E-state index < -0.39 is 24.3 Å². The lowest BCUT2D eigenvalue weighted by Gasteiger charge is -2.19. The van der Waals surface area contributed by atoms with Crippen molar-refractivity contribution in [2.24, 2.45) is 5.92 Å². The van der Waals surface area contributed by atoms with Crippen molar-refractivity contribution in [1.82, 2.24) is 4.90 Å². The third kappa shape index (κ3) is 6.19. The van der Waals surface area contributed by atoms with E-state index in [1.807, 2.05) is 0 Å². The second kappa shape index (κ2) is 11.1. The van der Waals surface area contributed by atoms with E-state index in [1.54, 1.807) is 32.0 Å². The molecule has 0 saturated heterocycles. The van der Waals surface area contributed by atoms with Crippen molar-refractivity contribution in [3.8, 4) is 11.5 Å². The van der Waals surface area contributed by atoms with Crippen LogP contribution in [0.5, 0.6) is 11.5 Å². The summed E-state index contributed by atoms with van der Waals surface area (Å²) in [6.45, 7) is 2.88. The molecule has 0 unspecified atom stereocenters. The standard InChI is InChI=1S/C23H27FN2O6/c1-14(2)22(28)25-18-11-20(31-5)19(30-4)10-16(18)23(29)32-13-21(27)26(3)12-15-8-6-7-9-17(15)24/h6-11,14H,12-13H2,1-5H3,(H,25,28). The number of carbonyl (C=O) groups is 3. The van der Waals surface area contributed by atoms with Gasteiger partial charge >= 0.3 is 5.97 Å². The van der Waals surface area contributed by atoms with Gasteiger partial charge in [0.05, 0.1) is 25.5 Å². The van der Waals surface area contributed by atoms with Crippen molar-refractivity contribution in [3.05, 3.63) is 53.3 Å². The smallest absolute Gasteiger partial charge is 0.340 e. The maximum atomic E-state index is 13.8.